The first-order valence-corrected chi connectivity index (χ1v) is 7.73. The van der Waals surface area contributed by atoms with Gasteiger partial charge in [0, 0.05) is 32.1 Å². The highest BCUT2D eigenvalue weighted by Gasteiger charge is 2.48. The standard InChI is InChI=1S/C14H26BN3O2/c15-5-3-4-12-10-18(11-14(12,16)13(19)20)9-8-17-6-1-2-7-17/h12H,1-11,16H2,(H,19,20)/t12-,14-/m0/s1. The topological polar surface area (TPSA) is 69.8 Å². The summed E-state index contributed by atoms with van der Waals surface area (Å²) in [5.41, 5.74) is 5.07. The van der Waals surface area contributed by atoms with E-state index in [4.69, 9.17) is 13.6 Å². The van der Waals surface area contributed by atoms with Crippen LogP contribution in [0.3, 0.4) is 0 Å². The average molecular weight is 279 g/mol. The largest absolute Gasteiger partial charge is 0.480 e. The molecule has 0 aromatic rings. The SMILES string of the molecule is [B]CCC[C@H]1CN(CCN2CCCC2)C[C@@]1(N)C(=O)O. The van der Waals surface area contributed by atoms with Gasteiger partial charge in [0.05, 0.1) is 7.85 Å². The van der Waals surface area contributed by atoms with Gasteiger partial charge in [-0.2, -0.15) is 0 Å². The summed E-state index contributed by atoms with van der Waals surface area (Å²) in [5.74, 6) is -0.856. The Morgan fingerprint density at radius 3 is 2.55 bits per heavy atom. The van der Waals surface area contributed by atoms with E-state index in [1.54, 1.807) is 0 Å². The quantitative estimate of drug-likeness (QED) is 0.650. The lowest BCUT2D eigenvalue weighted by molar-refractivity contribution is -0.144. The number of carboxylic acids is 1. The molecule has 2 radical (unpaired) electrons. The smallest absolute Gasteiger partial charge is 0.325 e. The van der Waals surface area contributed by atoms with Gasteiger partial charge >= 0.3 is 5.97 Å². The highest BCUT2D eigenvalue weighted by atomic mass is 16.4. The van der Waals surface area contributed by atoms with Crippen LogP contribution in [-0.4, -0.2) is 73.5 Å². The molecule has 2 aliphatic heterocycles. The molecule has 0 amide bonds. The van der Waals surface area contributed by atoms with Crippen LogP contribution in [0, 0.1) is 5.92 Å². The van der Waals surface area contributed by atoms with Crippen molar-refractivity contribution in [3.8, 4) is 0 Å². The molecule has 0 unspecified atom stereocenters. The molecule has 2 saturated heterocycles. The van der Waals surface area contributed by atoms with Crippen LogP contribution in [0.25, 0.3) is 0 Å². The zero-order valence-electron chi connectivity index (χ0n) is 12.3. The molecule has 6 heteroatoms. The van der Waals surface area contributed by atoms with Crippen LogP contribution in [0.15, 0.2) is 0 Å². The second-order valence-corrected chi connectivity index (χ2v) is 6.26. The minimum absolute atomic E-state index is 0.0159. The van der Waals surface area contributed by atoms with Gasteiger partial charge < -0.3 is 15.7 Å². The Morgan fingerprint density at radius 2 is 1.95 bits per heavy atom. The number of carbonyl (C=O) groups is 1. The molecule has 0 spiro atoms. The molecule has 2 fully saturated rings. The highest BCUT2D eigenvalue weighted by molar-refractivity contribution is 6.08. The molecule has 0 bridgehead atoms. The maximum Gasteiger partial charge on any atom is 0.325 e. The van der Waals surface area contributed by atoms with E-state index in [2.05, 4.69) is 9.80 Å². The molecule has 2 aliphatic rings. The van der Waals surface area contributed by atoms with Gasteiger partial charge in [-0.05, 0) is 32.4 Å². The predicted octanol–water partition coefficient (Wildman–Crippen LogP) is 0.163. The molecule has 0 aromatic heterocycles. The van der Waals surface area contributed by atoms with Gasteiger partial charge in [-0.15, -0.1) is 0 Å². The Hall–Kier alpha value is -0.585. The Morgan fingerprint density at radius 1 is 1.30 bits per heavy atom. The van der Waals surface area contributed by atoms with Gasteiger partial charge in [-0.3, -0.25) is 9.69 Å². The average Bonchev–Trinajstić information content (AvgIpc) is 3.02. The van der Waals surface area contributed by atoms with Crippen molar-refractivity contribution in [1.29, 1.82) is 0 Å². The van der Waals surface area contributed by atoms with Crippen molar-refractivity contribution in [2.45, 2.75) is 37.5 Å². The predicted molar refractivity (Wildman–Crippen MR) is 80.0 cm³/mol. The number of rotatable bonds is 7. The molecule has 112 valence electrons. The minimum atomic E-state index is -1.10. The fourth-order valence-electron chi connectivity index (χ4n) is 3.45. The van der Waals surface area contributed by atoms with Crippen molar-refractivity contribution in [2.24, 2.45) is 11.7 Å². The Balaban J connectivity index is 1.87. The Kier molecular flexibility index (Phi) is 5.46. The summed E-state index contributed by atoms with van der Waals surface area (Å²) >= 11 is 0. The van der Waals surface area contributed by atoms with Crippen LogP contribution in [0.2, 0.25) is 6.32 Å². The lowest BCUT2D eigenvalue weighted by Gasteiger charge is -2.25. The lowest BCUT2D eigenvalue weighted by Crippen LogP contribution is -2.55. The van der Waals surface area contributed by atoms with E-state index in [-0.39, 0.29) is 5.92 Å². The number of hydrogen-bond acceptors (Lipinski definition) is 4. The second kappa shape index (κ2) is 6.92. The van der Waals surface area contributed by atoms with Gasteiger partial charge in [-0.25, -0.2) is 0 Å². The zero-order valence-corrected chi connectivity index (χ0v) is 12.3. The summed E-state index contributed by atoms with van der Waals surface area (Å²) in [6.07, 6.45) is 4.82. The molecular formula is C14H26BN3O2. The summed E-state index contributed by atoms with van der Waals surface area (Å²) < 4.78 is 0. The second-order valence-electron chi connectivity index (χ2n) is 6.26. The van der Waals surface area contributed by atoms with E-state index in [1.807, 2.05) is 0 Å². The molecular weight excluding hydrogens is 253 g/mol. The Bertz CT molecular complexity index is 336. The van der Waals surface area contributed by atoms with Crippen LogP contribution >= 0.6 is 0 Å². The number of nitrogens with zero attached hydrogens (tertiary/aromatic N) is 2. The molecule has 0 saturated carbocycles. The third-order valence-electron chi connectivity index (χ3n) is 4.78. The van der Waals surface area contributed by atoms with Gasteiger partial charge in [0.2, 0.25) is 0 Å². The van der Waals surface area contributed by atoms with E-state index >= 15 is 0 Å². The van der Waals surface area contributed by atoms with Gasteiger partial charge in [0.1, 0.15) is 5.54 Å². The third kappa shape index (κ3) is 3.54. The van der Waals surface area contributed by atoms with E-state index in [0.29, 0.717) is 12.9 Å². The van der Waals surface area contributed by atoms with Crippen LogP contribution in [-0.2, 0) is 4.79 Å². The van der Waals surface area contributed by atoms with Crippen LogP contribution < -0.4 is 5.73 Å². The normalized spacial score (nSPS) is 31.9. The molecule has 2 rings (SSSR count). The van der Waals surface area contributed by atoms with Gasteiger partial charge in [0.15, 0.2) is 0 Å². The highest BCUT2D eigenvalue weighted by Crippen LogP contribution is 2.30. The number of carboxylic acid groups (broad SMARTS) is 1. The number of nitrogens with two attached hydrogens (primary N) is 1. The summed E-state index contributed by atoms with van der Waals surface area (Å²) in [4.78, 5) is 16.2. The zero-order chi connectivity index (χ0) is 14.6. The molecule has 0 aromatic carbocycles. The van der Waals surface area contributed by atoms with Gasteiger partial charge in [0.25, 0.3) is 0 Å². The molecule has 0 aliphatic carbocycles. The van der Waals surface area contributed by atoms with E-state index in [9.17, 15) is 9.90 Å². The maximum atomic E-state index is 11.5. The number of hydrogen-bond donors (Lipinski definition) is 2. The summed E-state index contributed by atoms with van der Waals surface area (Å²) in [5, 5.41) is 9.45. The van der Waals surface area contributed by atoms with Crippen LogP contribution in [0.5, 0.6) is 0 Å². The molecule has 3 N–H and O–H groups in total. The monoisotopic (exact) mass is 279 g/mol. The molecule has 2 heterocycles. The van der Waals surface area contributed by atoms with Crippen molar-refractivity contribution >= 4 is 13.8 Å². The van der Waals surface area contributed by atoms with Crippen LogP contribution in [0.1, 0.15) is 25.7 Å². The van der Waals surface area contributed by atoms with Gasteiger partial charge in [-0.1, -0.05) is 12.7 Å². The summed E-state index contributed by atoms with van der Waals surface area (Å²) in [7, 11) is 5.54. The first kappa shape index (κ1) is 15.8. The minimum Gasteiger partial charge on any atom is -0.480 e. The number of likely N-dealkylation sites (tertiary alicyclic amines) is 2. The van der Waals surface area contributed by atoms with Crippen molar-refractivity contribution < 1.29 is 9.90 Å². The summed E-state index contributed by atoms with van der Waals surface area (Å²) in [6, 6.07) is 0. The molecule has 5 nitrogen and oxygen atoms in total. The lowest BCUT2D eigenvalue weighted by atomic mass is 9.83. The third-order valence-corrected chi connectivity index (χ3v) is 4.78. The van der Waals surface area contributed by atoms with Crippen LogP contribution in [0.4, 0.5) is 0 Å². The summed E-state index contributed by atoms with van der Waals surface area (Å²) in [6.45, 7) is 5.56. The number of aliphatic carboxylic acids is 1. The van der Waals surface area contributed by atoms with Crippen molar-refractivity contribution in [3.63, 3.8) is 0 Å². The fourth-order valence-corrected chi connectivity index (χ4v) is 3.45. The van der Waals surface area contributed by atoms with Crippen molar-refractivity contribution in [1.82, 2.24) is 9.80 Å². The maximum absolute atomic E-state index is 11.5. The van der Waals surface area contributed by atoms with E-state index in [0.717, 1.165) is 32.5 Å². The van der Waals surface area contributed by atoms with Crippen molar-refractivity contribution in [2.75, 3.05) is 39.3 Å². The van der Waals surface area contributed by atoms with E-state index in [1.165, 1.54) is 25.9 Å². The van der Waals surface area contributed by atoms with Crippen molar-refractivity contribution in [3.05, 3.63) is 0 Å². The fraction of sp³-hybridized carbons (Fsp3) is 0.929. The molecule has 20 heavy (non-hydrogen) atoms. The first-order chi connectivity index (χ1) is 9.56. The first-order valence-electron chi connectivity index (χ1n) is 7.73. The Labute approximate surface area is 122 Å². The van der Waals surface area contributed by atoms with E-state index < -0.39 is 11.5 Å². The molecule has 2 atom stereocenters.